The van der Waals surface area contributed by atoms with E-state index in [-0.39, 0.29) is 22.4 Å². The van der Waals surface area contributed by atoms with Crippen LogP contribution in [0.4, 0.5) is 4.39 Å². The smallest absolute Gasteiger partial charge is 0.329 e. The molecule has 0 bridgehead atoms. The van der Waals surface area contributed by atoms with Crippen LogP contribution in [-0.2, 0) is 26.9 Å². The molecule has 1 aromatic carbocycles. The number of aromatic nitrogens is 4. The topological polar surface area (TPSA) is 102 Å². The summed E-state index contributed by atoms with van der Waals surface area (Å²) in [6, 6.07) is 6.19. The number of aryl methyl sites for hydroxylation is 3. The molecule has 4 aromatic rings. The highest BCUT2D eigenvalue weighted by Crippen LogP contribution is 2.22. The van der Waals surface area contributed by atoms with E-state index >= 15 is 0 Å². The third-order valence-corrected chi connectivity index (χ3v) is 5.44. The maximum absolute atomic E-state index is 13.7. The fraction of sp³-hybridized carbons (Fsp3) is 0.273. The molecule has 0 aliphatic carbocycles. The lowest BCUT2D eigenvalue weighted by Crippen LogP contribution is -2.32. The fourth-order valence-corrected chi connectivity index (χ4v) is 3.80. The van der Waals surface area contributed by atoms with E-state index in [0.29, 0.717) is 25.1 Å². The summed E-state index contributed by atoms with van der Waals surface area (Å²) in [5, 5.41) is 3.70. The third kappa shape index (κ3) is 3.63. The van der Waals surface area contributed by atoms with E-state index in [1.54, 1.807) is 12.1 Å². The van der Waals surface area contributed by atoms with Crippen molar-refractivity contribution in [1.29, 1.82) is 0 Å². The lowest BCUT2D eigenvalue weighted by Gasteiger charge is -2.11. The lowest BCUT2D eigenvalue weighted by molar-refractivity contribution is 0.0955. The van der Waals surface area contributed by atoms with Crippen molar-refractivity contribution in [3.05, 3.63) is 73.9 Å². The third-order valence-electron chi connectivity index (χ3n) is 5.44. The Morgan fingerprint density at radius 2 is 2.00 bits per heavy atom. The van der Waals surface area contributed by atoms with Gasteiger partial charge in [0, 0.05) is 43.4 Å². The van der Waals surface area contributed by atoms with Gasteiger partial charge in [0.05, 0.1) is 10.9 Å². The van der Waals surface area contributed by atoms with Crippen molar-refractivity contribution in [2.24, 2.45) is 14.1 Å². The minimum absolute atomic E-state index is 0.0732. The quantitative estimate of drug-likeness (QED) is 0.511. The van der Waals surface area contributed by atoms with Crippen LogP contribution in [0.1, 0.15) is 28.5 Å². The second kappa shape index (κ2) is 7.82. The van der Waals surface area contributed by atoms with Gasteiger partial charge in [0.25, 0.3) is 11.5 Å². The van der Waals surface area contributed by atoms with Crippen LogP contribution in [0.25, 0.3) is 21.9 Å². The Balaban J connectivity index is 1.64. The molecule has 0 fully saturated rings. The number of aromatic amines is 1. The first-order valence-electron chi connectivity index (χ1n) is 9.94. The monoisotopic (exact) mass is 423 g/mol. The van der Waals surface area contributed by atoms with Crippen molar-refractivity contribution in [2.45, 2.75) is 19.8 Å². The van der Waals surface area contributed by atoms with Gasteiger partial charge in [-0.1, -0.05) is 6.92 Å². The van der Waals surface area contributed by atoms with Crippen molar-refractivity contribution < 1.29 is 9.18 Å². The van der Waals surface area contributed by atoms with Gasteiger partial charge in [-0.25, -0.2) is 14.2 Å². The summed E-state index contributed by atoms with van der Waals surface area (Å²) in [4.78, 5) is 43.9. The van der Waals surface area contributed by atoms with Gasteiger partial charge < -0.3 is 9.88 Å². The van der Waals surface area contributed by atoms with Gasteiger partial charge >= 0.3 is 5.69 Å². The van der Waals surface area contributed by atoms with Gasteiger partial charge in [0.1, 0.15) is 11.5 Å². The Hall–Kier alpha value is -3.75. The average Bonchev–Trinajstić information content (AvgIpc) is 3.05. The molecule has 3 heterocycles. The summed E-state index contributed by atoms with van der Waals surface area (Å²) in [5.41, 5.74) is 1.51. The van der Waals surface area contributed by atoms with E-state index in [1.807, 2.05) is 24.7 Å². The molecule has 0 saturated carbocycles. The predicted octanol–water partition coefficient (Wildman–Crippen LogP) is 1.79. The number of nitrogens with one attached hydrogen (secondary N) is 2. The Bertz CT molecular complexity index is 1450. The zero-order chi connectivity index (χ0) is 22.3. The van der Waals surface area contributed by atoms with Gasteiger partial charge in [0.2, 0.25) is 0 Å². The van der Waals surface area contributed by atoms with Gasteiger partial charge in [0.15, 0.2) is 0 Å². The summed E-state index contributed by atoms with van der Waals surface area (Å²) in [7, 11) is 3.38. The predicted molar refractivity (Wildman–Crippen MR) is 116 cm³/mol. The van der Waals surface area contributed by atoms with Crippen LogP contribution in [0.5, 0.6) is 0 Å². The van der Waals surface area contributed by atoms with Crippen molar-refractivity contribution >= 4 is 27.8 Å². The minimum Gasteiger partial charge on any atom is -0.352 e. The van der Waals surface area contributed by atoms with Crippen molar-refractivity contribution in [3.63, 3.8) is 0 Å². The second-order valence-corrected chi connectivity index (χ2v) is 7.46. The SMILES string of the molecule is CCc1cc(C(=O)NCCc2cn(C)c3ccc(F)cc23)c2c(=O)[nH]c(=O)n(C)c2n1. The minimum atomic E-state index is -0.650. The molecule has 0 aliphatic rings. The number of carbonyl (C=O) groups excluding carboxylic acids is 1. The molecule has 0 aliphatic heterocycles. The molecule has 31 heavy (non-hydrogen) atoms. The van der Waals surface area contributed by atoms with E-state index in [1.165, 1.54) is 23.7 Å². The van der Waals surface area contributed by atoms with Crippen LogP contribution in [0.3, 0.4) is 0 Å². The molecule has 0 saturated heterocycles. The number of pyridine rings is 1. The molecule has 4 rings (SSSR count). The highest BCUT2D eigenvalue weighted by Gasteiger charge is 2.18. The zero-order valence-electron chi connectivity index (χ0n) is 17.5. The van der Waals surface area contributed by atoms with Crippen molar-refractivity contribution in [3.8, 4) is 0 Å². The number of halogens is 1. The number of benzene rings is 1. The number of amides is 1. The van der Waals surface area contributed by atoms with E-state index < -0.39 is 17.2 Å². The Kier molecular flexibility index (Phi) is 5.18. The normalized spacial score (nSPS) is 11.4. The van der Waals surface area contributed by atoms with Crippen LogP contribution in [-0.4, -0.2) is 31.6 Å². The average molecular weight is 423 g/mol. The number of fused-ring (bicyclic) bond motifs is 2. The molecule has 0 unspecified atom stereocenters. The van der Waals surface area contributed by atoms with Crippen LogP contribution >= 0.6 is 0 Å². The molecular formula is C22H22FN5O3. The molecule has 9 heteroatoms. The number of nitrogens with zero attached hydrogens (tertiary/aromatic N) is 3. The van der Waals surface area contributed by atoms with Crippen LogP contribution in [0, 0.1) is 5.82 Å². The number of H-pyrrole nitrogens is 1. The van der Waals surface area contributed by atoms with Gasteiger partial charge in [-0.2, -0.15) is 0 Å². The molecule has 0 spiro atoms. The van der Waals surface area contributed by atoms with Gasteiger partial charge in [-0.15, -0.1) is 0 Å². The first kappa shape index (κ1) is 20.5. The molecule has 160 valence electrons. The summed E-state index contributed by atoms with van der Waals surface area (Å²) < 4.78 is 16.8. The van der Waals surface area contributed by atoms with Gasteiger partial charge in [-0.05, 0) is 42.7 Å². The Morgan fingerprint density at radius 3 is 2.74 bits per heavy atom. The standard InChI is InChI=1S/C22H22FN5O3/c1-4-14-10-16(18-19(25-14)28(3)22(31)26-21(18)30)20(29)24-8-7-12-11-27(2)17-6-5-13(23)9-15(12)17/h5-6,9-11H,4,7-8H2,1-3H3,(H,24,29)(H,26,30,31). The molecule has 2 N–H and O–H groups in total. The molecule has 1 amide bonds. The molecule has 3 aromatic heterocycles. The molecular weight excluding hydrogens is 401 g/mol. The lowest BCUT2D eigenvalue weighted by atomic mass is 10.1. The first-order valence-corrected chi connectivity index (χ1v) is 9.94. The van der Waals surface area contributed by atoms with Crippen molar-refractivity contribution in [2.75, 3.05) is 6.54 Å². The fourth-order valence-electron chi connectivity index (χ4n) is 3.80. The van der Waals surface area contributed by atoms with Crippen molar-refractivity contribution in [1.82, 2.24) is 24.4 Å². The largest absolute Gasteiger partial charge is 0.352 e. The highest BCUT2D eigenvalue weighted by molar-refractivity contribution is 6.05. The van der Waals surface area contributed by atoms with Crippen LogP contribution in [0.2, 0.25) is 0 Å². The number of hydrogen-bond acceptors (Lipinski definition) is 4. The summed E-state index contributed by atoms with van der Waals surface area (Å²) >= 11 is 0. The maximum Gasteiger partial charge on any atom is 0.329 e. The molecule has 8 nitrogen and oxygen atoms in total. The number of rotatable bonds is 5. The molecule has 0 radical (unpaired) electrons. The highest BCUT2D eigenvalue weighted by atomic mass is 19.1. The van der Waals surface area contributed by atoms with Crippen LogP contribution in [0.15, 0.2) is 40.1 Å². The summed E-state index contributed by atoms with van der Waals surface area (Å²) in [6.45, 7) is 2.17. The second-order valence-electron chi connectivity index (χ2n) is 7.46. The number of hydrogen-bond donors (Lipinski definition) is 2. The van der Waals surface area contributed by atoms with Gasteiger partial charge in [-0.3, -0.25) is 19.1 Å². The number of carbonyl (C=O) groups is 1. The van der Waals surface area contributed by atoms with E-state index in [2.05, 4.69) is 15.3 Å². The van der Waals surface area contributed by atoms with E-state index in [0.717, 1.165) is 16.5 Å². The Morgan fingerprint density at radius 1 is 1.23 bits per heavy atom. The van der Waals surface area contributed by atoms with E-state index in [4.69, 9.17) is 0 Å². The Labute approximate surface area is 176 Å². The maximum atomic E-state index is 13.7. The van der Waals surface area contributed by atoms with Crippen LogP contribution < -0.4 is 16.6 Å². The summed E-state index contributed by atoms with van der Waals surface area (Å²) in [5.74, 6) is -0.748. The first-order chi connectivity index (χ1) is 14.8. The zero-order valence-corrected chi connectivity index (χ0v) is 17.5. The summed E-state index contributed by atoms with van der Waals surface area (Å²) in [6.07, 6.45) is 2.94. The molecule has 0 atom stereocenters. The van der Waals surface area contributed by atoms with E-state index in [9.17, 15) is 18.8 Å².